The van der Waals surface area contributed by atoms with Gasteiger partial charge in [0.25, 0.3) is 0 Å². The van der Waals surface area contributed by atoms with Gasteiger partial charge in [0, 0.05) is 0 Å². The number of hydrogen-bond acceptors (Lipinski definition) is 2. The van der Waals surface area contributed by atoms with Crippen LogP contribution in [-0.2, 0) is 4.79 Å². The first-order valence-corrected chi connectivity index (χ1v) is 3.35. The maximum Gasteiger partial charge on any atom is 0.193 e. The molecule has 0 radical (unpaired) electrons. The Labute approximate surface area is 73.4 Å². The smallest absolute Gasteiger partial charge is 0.193 e. The zero-order valence-electron chi connectivity index (χ0n) is 6.47. The van der Waals surface area contributed by atoms with Crippen molar-refractivity contribution in [2.75, 3.05) is 5.73 Å². The van der Waals surface area contributed by atoms with Crippen molar-refractivity contribution < 1.29 is 13.6 Å². The Morgan fingerprint density at radius 2 is 2.08 bits per heavy atom. The summed E-state index contributed by atoms with van der Waals surface area (Å²) >= 11 is 0. The third-order valence-electron chi connectivity index (χ3n) is 1.38. The standard InChI is InChI=1S/C9H5F2NO/c10-7-3-4-8(12)9(11)6(7)2-1-5-13/h3-5H,12H2. The molecule has 0 saturated heterocycles. The molecular formula is C9H5F2NO. The van der Waals surface area contributed by atoms with Crippen LogP contribution < -0.4 is 5.73 Å². The molecule has 0 spiro atoms. The molecule has 0 amide bonds. The van der Waals surface area contributed by atoms with Gasteiger partial charge in [-0.3, -0.25) is 4.79 Å². The second-order valence-corrected chi connectivity index (χ2v) is 2.21. The lowest BCUT2D eigenvalue weighted by atomic mass is 10.2. The quantitative estimate of drug-likeness (QED) is 0.370. The monoisotopic (exact) mass is 181 g/mol. The summed E-state index contributed by atoms with van der Waals surface area (Å²) in [4.78, 5) is 9.84. The number of carbonyl (C=O) groups excluding carboxylic acids is 1. The predicted octanol–water partition coefficient (Wildman–Crippen LogP) is 1.10. The molecule has 0 bridgehead atoms. The molecular weight excluding hydrogens is 176 g/mol. The highest BCUT2D eigenvalue weighted by molar-refractivity contribution is 5.74. The number of aldehydes is 1. The van der Waals surface area contributed by atoms with Crippen molar-refractivity contribution in [2.24, 2.45) is 0 Å². The van der Waals surface area contributed by atoms with Crippen molar-refractivity contribution in [3.05, 3.63) is 29.3 Å². The highest BCUT2D eigenvalue weighted by Crippen LogP contribution is 2.16. The number of rotatable bonds is 0. The lowest BCUT2D eigenvalue weighted by molar-refractivity contribution is -0.103. The van der Waals surface area contributed by atoms with Crippen LogP contribution in [0.5, 0.6) is 0 Å². The van der Waals surface area contributed by atoms with Crippen molar-refractivity contribution in [2.45, 2.75) is 0 Å². The molecule has 0 aliphatic rings. The van der Waals surface area contributed by atoms with E-state index in [0.717, 1.165) is 12.1 Å². The Bertz CT molecular complexity index is 404. The van der Waals surface area contributed by atoms with E-state index >= 15 is 0 Å². The largest absolute Gasteiger partial charge is 0.396 e. The van der Waals surface area contributed by atoms with E-state index in [4.69, 9.17) is 5.73 Å². The number of nitrogens with two attached hydrogens (primary N) is 1. The van der Waals surface area contributed by atoms with Gasteiger partial charge in [-0.1, -0.05) is 5.92 Å². The van der Waals surface area contributed by atoms with Crippen LogP contribution in [0.4, 0.5) is 14.5 Å². The van der Waals surface area contributed by atoms with Crippen molar-refractivity contribution in [1.82, 2.24) is 0 Å². The molecule has 0 atom stereocenters. The van der Waals surface area contributed by atoms with Crippen LogP contribution >= 0.6 is 0 Å². The lowest BCUT2D eigenvalue weighted by Crippen LogP contribution is -1.96. The fourth-order valence-electron chi connectivity index (χ4n) is 0.785. The highest BCUT2D eigenvalue weighted by atomic mass is 19.1. The fraction of sp³-hybridized carbons (Fsp3) is 0. The predicted molar refractivity (Wildman–Crippen MR) is 43.7 cm³/mol. The highest BCUT2D eigenvalue weighted by Gasteiger charge is 2.08. The van der Waals surface area contributed by atoms with Crippen LogP contribution in [0.2, 0.25) is 0 Å². The first-order chi connectivity index (χ1) is 6.16. The number of hydrogen-bond donors (Lipinski definition) is 1. The molecule has 2 N–H and O–H groups in total. The van der Waals surface area contributed by atoms with E-state index in [1.807, 2.05) is 11.8 Å². The van der Waals surface area contributed by atoms with Gasteiger partial charge in [-0.05, 0) is 18.1 Å². The van der Waals surface area contributed by atoms with Gasteiger partial charge in [-0.25, -0.2) is 8.78 Å². The molecule has 0 fully saturated rings. The van der Waals surface area contributed by atoms with E-state index in [0.29, 0.717) is 0 Å². The van der Waals surface area contributed by atoms with E-state index in [2.05, 4.69) is 0 Å². The Kier molecular flexibility index (Phi) is 2.60. The molecule has 0 aliphatic heterocycles. The lowest BCUT2D eigenvalue weighted by Gasteiger charge is -1.99. The van der Waals surface area contributed by atoms with E-state index in [1.165, 1.54) is 0 Å². The Morgan fingerprint density at radius 3 is 2.69 bits per heavy atom. The Hall–Kier alpha value is -1.89. The number of halogens is 2. The minimum absolute atomic E-state index is 0.198. The summed E-state index contributed by atoms with van der Waals surface area (Å²) in [6.45, 7) is 0. The summed E-state index contributed by atoms with van der Waals surface area (Å²) in [5.41, 5.74) is 4.49. The average molecular weight is 181 g/mol. The first kappa shape index (κ1) is 9.20. The summed E-state index contributed by atoms with van der Waals surface area (Å²) in [5, 5.41) is 0. The molecule has 1 aromatic carbocycles. The molecule has 13 heavy (non-hydrogen) atoms. The van der Waals surface area contributed by atoms with Crippen molar-refractivity contribution in [3.8, 4) is 11.8 Å². The SMILES string of the molecule is Nc1ccc(F)c(C#CC=O)c1F. The van der Waals surface area contributed by atoms with Gasteiger partial charge in [-0.2, -0.15) is 0 Å². The number of nitrogen functional groups attached to an aromatic ring is 1. The average Bonchev–Trinajstić information content (AvgIpc) is 2.12. The molecule has 66 valence electrons. The van der Waals surface area contributed by atoms with Crippen LogP contribution in [0.3, 0.4) is 0 Å². The molecule has 1 aromatic rings. The summed E-state index contributed by atoms with van der Waals surface area (Å²) in [7, 11) is 0. The van der Waals surface area contributed by atoms with Gasteiger partial charge in [0.2, 0.25) is 0 Å². The Balaban J connectivity index is 3.33. The number of anilines is 1. The van der Waals surface area contributed by atoms with Crippen LogP contribution in [0.25, 0.3) is 0 Å². The number of benzene rings is 1. The topological polar surface area (TPSA) is 43.1 Å². The van der Waals surface area contributed by atoms with E-state index in [-0.39, 0.29) is 12.0 Å². The van der Waals surface area contributed by atoms with Gasteiger partial charge < -0.3 is 5.73 Å². The van der Waals surface area contributed by atoms with Crippen molar-refractivity contribution in [3.63, 3.8) is 0 Å². The van der Waals surface area contributed by atoms with Gasteiger partial charge in [-0.15, -0.1) is 0 Å². The maximum atomic E-state index is 13.0. The Morgan fingerprint density at radius 1 is 1.38 bits per heavy atom. The van der Waals surface area contributed by atoms with Crippen LogP contribution in [0, 0.1) is 23.5 Å². The third kappa shape index (κ3) is 1.82. The maximum absolute atomic E-state index is 13.0. The minimum Gasteiger partial charge on any atom is -0.396 e. The molecule has 0 unspecified atom stereocenters. The molecule has 0 saturated carbocycles. The number of carbonyl (C=O) groups is 1. The fourth-order valence-corrected chi connectivity index (χ4v) is 0.785. The van der Waals surface area contributed by atoms with Gasteiger partial charge in [0.15, 0.2) is 12.1 Å². The zero-order valence-corrected chi connectivity index (χ0v) is 6.47. The van der Waals surface area contributed by atoms with Gasteiger partial charge in [0.05, 0.1) is 11.3 Å². The van der Waals surface area contributed by atoms with Crippen LogP contribution in [0.1, 0.15) is 5.56 Å². The normalized spacial score (nSPS) is 8.77. The van der Waals surface area contributed by atoms with Crippen molar-refractivity contribution in [1.29, 1.82) is 0 Å². The summed E-state index contributed by atoms with van der Waals surface area (Å²) in [6.07, 6.45) is 0.252. The second kappa shape index (κ2) is 3.68. The zero-order chi connectivity index (χ0) is 9.84. The van der Waals surface area contributed by atoms with Crippen LogP contribution in [-0.4, -0.2) is 6.29 Å². The molecule has 1 rings (SSSR count). The molecule has 0 aliphatic carbocycles. The summed E-state index contributed by atoms with van der Waals surface area (Å²) in [6, 6.07) is 2.09. The second-order valence-electron chi connectivity index (χ2n) is 2.21. The van der Waals surface area contributed by atoms with Gasteiger partial charge >= 0.3 is 0 Å². The first-order valence-electron chi connectivity index (χ1n) is 3.35. The van der Waals surface area contributed by atoms with E-state index in [1.54, 1.807) is 0 Å². The molecule has 4 heteroatoms. The van der Waals surface area contributed by atoms with Crippen LogP contribution in [0.15, 0.2) is 12.1 Å². The molecule has 2 nitrogen and oxygen atoms in total. The van der Waals surface area contributed by atoms with Crippen molar-refractivity contribution >= 4 is 12.0 Å². The van der Waals surface area contributed by atoms with E-state index < -0.39 is 17.2 Å². The van der Waals surface area contributed by atoms with E-state index in [9.17, 15) is 13.6 Å². The molecule has 0 heterocycles. The third-order valence-corrected chi connectivity index (χ3v) is 1.38. The minimum atomic E-state index is -0.936. The summed E-state index contributed by atoms with van der Waals surface area (Å²) < 4.78 is 25.8. The molecule has 0 aromatic heterocycles. The summed E-state index contributed by atoms with van der Waals surface area (Å²) in [5.74, 6) is 2.16. The van der Waals surface area contributed by atoms with Gasteiger partial charge in [0.1, 0.15) is 5.82 Å².